The van der Waals surface area contributed by atoms with E-state index in [2.05, 4.69) is 39.8 Å². The Labute approximate surface area is 204 Å². The van der Waals surface area contributed by atoms with Gasteiger partial charge in [-0.15, -0.1) is 11.8 Å². The summed E-state index contributed by atoms with van der Waals surface area (Å²) in [5, 5.41) is 9.95. The minimum absolute atomic E-state index is 0.224. The van der Waals surface area contributed by atoms with Crippen molar-refractivity contribution in [2.24, 2.45) is 5.92 Å². The Balaban J connectivity index is 1.22. The average molecular weight is 476 g/mol. The van der Waals surface area contributed by atoms with Gasteiger partial charge in [-0.3, -0.25) is 0 Å². The first kappa shape index (κ1) is 22.9. The molecule has 34 heavy (non-hydrogen) atoms. The Morgan fingerprint density at radius 3 is 2.50 bits per heavy atom. The van der Waals surface area contributed by atoms with Crippen LogP contribution in [0.15, 0.2) is 77.7 Å². The molecule has 4 aromatic rings. The van der Waals surface area contributed by atoms with Crippen LogP contribution >= 0.6 is 11.8 Å². The van der Waals surface area contributed by atoms with Crippen molar-refractivity contribution < 1.29 is 9.50 Å². The molecule has 1 fully saturated rings. The van der Waals surface area contributed by atoms with E-state index in [1.165, 1.54) is 29.9 Å². The number of thioether (sulfide) groups is 1. The molecule has 0 unspecified atom stereocenters. The van der Waals surface area contributed by atoms with E-state index in [4.69, 9.17) is 4.98 Å². The molecule has 0 bridgehead atoms. The van der Waals surface area contributed by atoms with Gasteiger partial charge in [0, 0.05) is 36.2 Å². The number of piperidine rings is 1. The minimum atomic E-state index is -0.224. The second-order valence-corrected chi connectivity index (χ2v) is 10.2. The van der Waals surface area contributed by atoms with Gasteiger partial charge in [-0.25, -0.2) is 9.37 Å². The highest BCUT2D eigenvalue weighted by atomic mass is 32.2. The molecule has 0 aliphatic carbocycles. The molecule has 1 N–H and O–H groups in total. The highest BCUT2D eigenvalue weighted by Gasteiger charge is 2.22. The number of hydrogen-bond acceptors (Lipinski definition) is 4. The van der Waals surface area contributed by atoms with Gasteiger partial charge in [0.2, 0.25) is 0 Å². The second kappa shape index (κ2) is 10.6. The Morgan fingerprint density at radius 1 is 0.971 bits per heavy atom. The van der Waals surface area contributed by atoms with Crippen LogP contribution in [0.3, 0.4) is 0 Å². The molecule has 176 valence electrons. The fraction of sp³-hybridized carbons (Fsp3) is 0.321. The molecule has 2 heterocycles. The standard InChI is InChI=1S/C28H30FN3OS/c29-23-8-6-22(7-9-23)20-32-27-11-10-24(33)19-26(27)30-28(32)18-21-12-14-31(15-13-21)16-17-34-25-4-2-1-3-5-25/h1-11,19,21,33H,12-18,20H2. The van der Waals surface area contributed by atoms with Crippen LogP contribution < -0.4 is 0 Å². The quantitative estimate of drug-likeness (QED) is 0.319. The fourth-order valence-corrected chi connectivity index (χ4v) is 5.69. The highest BCUT2D eigenvalue weighted by Crippen LogP contribution is 2.27. The lowest BCUT2D eigenvalue weighted by Crippen LogP contribution is -2.36. The lowest BCUT2D eigenvalue weighted by Gasteiger charge is -2.31. The molecule has 0 spiro atoms. The van der Waals surface area contributed by atoms with Crippen LogP contribution in [0.2, 0.25) is 0 Å². The zero-order valence-corrected chi connectivity index (χ0v) is 20.1. The van der Waals surface area contributed by atoms with E-state index in [0.29, 0.717) is 12.5 Å². The number of fused-ring (bicyclic) bond motifs is 1. The molecule has 1 aromatic heterocycles. The summed E-state index contributed by atoms with van der Waals surface area (Å²) in [7, 11) is 0. The molecular formula is C28H30FN3OS. The molecular weight excluding hydrogens is 445 g/mol. The first-order valence-electron chi connectivity index (χ1n) is 12.0. The Morgan fingerprint density at radius 2 is 1.74 bits per heavy atom. The number of rotatable bonds is 8. The van der Waals surface area contributed by atoms with Crippen molar-refractivity contribution >= 4 is 22.8 Å². The van der Waals surface area contributed by atoms with Crippen LogP contribution in [0.25, 0.3) is 11.0 Å². The van der Waals surface area contributed by atoms with Gasteiger partial charge in [0.25, 0.3) is 0 Å². The number of halogens is 1. The summed E-state index contributed by atoms with van der Waals surface area (Å²) in [4.78, 5) is 8.81. The van der Waals surface area contributed by atoms with Crippen LogP contribution in [0.5, 0.6) is 5.75 Å². The maximum Gasteiger partial charge on any atom is 0.123 e. The number of aromatic nitrogens is 2. The van der Waals surface area contributed by atoms with Gasteiger partial charge >= 0.3 is 0 Å². The third-order valence-corrected chi connectivity index (χ3v) is 7.65. The molecule has 0 radical (unpaired) electrons. The summed E-state index contributed by atoms with van der Waals surface area (Å²) in [5.41, 5.74) is 2.86. The molecule has 3 aromatic carbocycles. The van der Waals surface area contributed by atoms with Gasteiger partial charge in [-0.2, -0.15) is 0 Å². The molecule has 1 saturated heterocycles. The van der Waals surface area contributed by atoms with E-state index < -0.39 is 0 Å². The first-order valence-corrected chi connectivity index (χ1v) is 13.0. The van der Waals surface area contributed by atoms with Crippen molar-refractivity contribution in [2.45, 2.75) is 30.7 Å². The molecule has 6 heteroatoms. The molecule has 0 atom stereocenters. The third-order valence-electron chi connectivity index (χ3n) is 6.66. The lowest BCUT2D eigenvalue weighted by molar-refractivity contribution is 0.192. The number of hydrogen-bond donors (Lipinski definition) is 1. The number of phenolic OH excluding ortho intramolecular Hbond substituents is 1. The number of benzene rings is 3. The smallest absolute Gasteiger partial charge is 0.123 e. The Bertz CT molecular complexity index is 1220. The lowest BCUT2D eigenvalue weighted by atomic mass is 9.93. The number of likely N-dealkylation sites (tertiary alicyclic amines) is 1. The SMILES string of the molecule is Oc1ccc2c(c1)nc(CC1CCN(CCSc3ccccc3)CC1)n2Cc1ccc(F)cc1. The van der Waals surface area contributed by atoms with Crippen molar-refractivity contribution in [3.05, 3.63) is 90.0 Å². The molecule has 5 rings (SSSR count). The van der Waals surface area contributed by atoms with E-state index in [9.17, 15) is 9.50 Å². The monoisotopic (exact) mass is 475 g/mol. The maximum absolute atomic E-state index is 13.4. The van der Waals surface area contributed by atoms with Crippen LogP contribution in [-0.4, -0.2) is 44.9 Å². The summed E-state index contributed by atoms with van der Waals surface area (Å²) in [6.45, 7) is 4.01. The van der Waals surface area contributed by atoms with Crippen molar-refractivity contribution in [1.29, 1.82) is 0 Å². The largest absolute Gasteiger partial charge is 0.508 e. The van der Waals surface area contributed by atoms with Crippen molar-refractivity contribution in [2.75, 3.05) is 25.4 Å². The molecule has 0 saturated carbocycles. The van der Waals surface area contributed by atoms with Gasteiger partial charge in [0.1, 0.15) is 17.4 Å². The van der Waals surface area contributed by atoms with Gasteiger partial charge in [0.05, 0.1) is 11.0 Å². The number of phenols is 1. The summed E-state index contributed by atoms with van der Waals surface area (Å²) >= 11 is 1.93. The molecule has 1 aliphatic heterocycles. The van der Waals surface area contributed by atoms with Crippen molar-refractivity contribution in [1.82, 2.24) is 14.5 Å². The van der Waals surface area contributed by atoms with E-state index >= 15 is 0 Å². The maximum atomic E-state index is 13.4. The summed E-state index contributed by atoms with van der Waals surface area (Å²) in [6.07, 6.45) is 3.26. The van der Waals surface area contributed by atoms with Crippen LogP contribution in [0.1, 0.15) is 24.2 Å². The normalized spacial score (nSPS) is 15.2. The average Bonchev–Trinajstić information content (AvgIpc) is 3.18. The number of aromatic hydroxyl groups is 1. The third kappa shape index (κ3) is 5.62. The van der Waals surface area contributed by atoms with Gasteiger partial charge in [-0.1, -0.05) is 30.3 Å². The Hall–Kier alpha value is -2.83. The molecule has 0 amide bonds. The summed E-state index contributed by atoms with van der Waals surface area (Å²) in [5.74, 6) is 2.76. The number of nitrogens with zero attached hydrogens (tertiary/aromatic N) is 3. The predicted octanol–water partition coefficient (Wildman–Crippen LogP) is 5.98. The summed E-state index contributed by atoms with van der Waals surface area (Å²) in [6, 6.07) is 22.6. The van der Waals surface area contributed by atoms with E-state index in [1.807, 2.05) is 30.0 Å². The summed E-state index contributed by atoms with van der Waals surface area (Å²) < 4.78 is 15.6. The van der Waals surface area contributed by atoms with E-state index in [1.54, 1.807) is 12.1 Å². The van der Waals surface area contributed by atoms with Gasteiger partial charge in [-0.05, 0) is 73.8 Å². The minimum Gasteiger partial charge on any atom is -0.508 e. The highest BCUT2D eigenvalue weighted by molar-refractivity contribution is 7.99. The zero-order valence-electron chi connectivity index (χ0n) is 19.2. The second-order valence-electron chi connectivity index (χ2n) is 9.06. The Kier molecular flexibility index (Phi) is 7.16. The predicted molar refractivity (Wildman–Crippen MR) is 137 cm³/mol. The zero-order chi connectivity index (χ0) is 23.3. The van der Waals surface area contributed by atoms with Crippen LogP contribution in [-0.2, 0) is 13.0 Å². The van der Waals surface area contributed by atoms with Crippen molar-refractivity contribution in [3.63, 3.8) is 0 Å². The first-order chi connectivity index (χ1) is 16.6. The number of imidazole rings is 1. The fourth-order valence-electron chi connectivity index (χ4n) is 4.75. The molecule has 4 nitrogen and oxygen atoms in total. The van der Waals surface area contributed by atoms with E-state index in [0.717, 1.165) is 54.2 Å². The van der Waals surface area contributed by atoms with Crippen LogP contribution in [0, 0.1) is 11.7 Å². The molecule has 1 aliphatic rings. The van der Waals surface area contributed by atoms with Crippen LogP contribution in [0.4, 0.5) is 4.39 Å². The van der Waals surface area contributed by atoms with Crippen molar-refractivity contribution in [3.8, 4) is 5.75 Å². The van der Waals surface area contributed by atoms with E-state index in [-0.39, 0.29) is 11.6 Å². The topological polar surface area (TPSA) is 41.3 Å². The van der Waals surface area contributed by atoms with Gasteiger partial charge < -0.3 is 14.6 Å². The van der Waals surface area contributed by atoms with Gasteiger partial charge in [0.15, 0.2) is 0 Å².